The summed E-state index contributed by atoms with van der Waals surface area (Å²) in [5.74, 6) is 0.950. The Bertz CT molecular complexity index is 1360. The van der Waals surface area contributed by atoms with Crippen molar-refractivity contribution in [1.29, 1.82) is 5.41 Å². The molecule has 1 saturated heterocycles. The van der Waals surface area contributed by atoms with Crippen molar-refractivity contribution in [1.82, 2.24) is 9.91 Å². The van der Waals surface area contributed by atoms with E-state index in [1.807, 2.05) is 35.2 Å². The third-order valence-corrected chi connectivity index (χ3v) is 7.46. The molecule has 1 N–H and O–H groups in total. The van der Waals surface area contributed by atoms with Crippen LogP contribution >= 0.6 is 11.8 Å². The number of hydrogen-bond donors (Lipinski definition) is 1. The predicted octanol–water partition coefficient (Wildman–Crippen LogP) is 4.39. The van der Waals surface area contributed by atoms with Crippen LogP contribution in [0.5, 0.6) is 11.5 Å². The lowest BCUT2D eigenvalue weighted by molar-refractivity contribution is -0.128. The molecule has 0 spiro atoms. The molecule has 3 aliphatic heterocycles. The molecule has 10 heteroatoms. The molecule has 0 atom stereocenters. The Morgan fingerprint density at radius 2 is 1.71 bits per heavy atom. The monoisotopic (exact) mass is 531 g/mol. The number of rotatable bonds is 8. The Morgan fingerprint density at radius 3 is 2.42 bits per heavy atom. The van der Waals surface area contributed by atoms with E-state index in [0.29, 0.717) is 29.2 Å². The first-order chi connectivity index (χ1) is 18.4. The lowest BCUT2D eigenvalue weighted by Gasteiger charge is -2.20. The van der Waals surface area contributed by atoms with E-state index in [2.05, 4.69) is 23.9 Å². The van der Waals surface area contributed by atoms with Crippen LogP contribution in [0.25, 0.3) is 6.08 Å². The van der Waals surface area contributed by atoms with Crippen LogP contribution in [0.2, 0.25) is 0 Å². The third kappa shape index (κ3) is 5.80. The zero-order valence-corrected chi connectivity index (χ0v) is 22.2. The van der Waals surface area contributed by atoms with E-state index in [1.54, 1.807) is 18.2 Å². The highest BCUT2D eigenvalue weighted by molar-refractivity contribution is 8.27. The molecule has 0 bridgehead atoms. The van der Waals surface area contributed by atoms with Crippen LogP contribution in [0.3, 0.4) is 0 Å². The van der Waals surface area contributed by atoms with E-state index in [1.165, 1.54) is 27.9 Å². The van der Waals surface area contributed by atoms with E-state index in [0.717, 1.165) is 37.2 Å². The summed E-state index contributed by atoms with van der Waals surface area (Å²) in [5.41, 5.74) is 3.28. The molecular weight excluding hydrogens is 502 g/mol. The van der Waals surface area contributed by atoms with Crippen LogP contribution in [0.4, 0.5) is 0 Å². The molecule has 3 aliphatic rings. The Kier molecular flexibility index (Phi) is 7.59. The zero-order chi connectivity index (χ0) is 26.6. The highest BCUT2D eigenvalue weighted by Crippen LogP contribution is 2.30. The lowest BCUT2D eigenvalue weighted by atomic mass is 10.1. The fourth-order valence-electron chi connectivity index (χ4n) is 4.26. The smallest absolute Gasteiger partial charge is 0.283 e. The van der Waals surface area contributed by atoms with E-state index in [4.69, 9.17) is 14.9 Å². The molecule has 0 aromatic heterocycles. The minimum absolute atomic E-state index is 0.0157. The molecule has 1 fully saturated rings. The SMILES string of the molecule is Cc1ccc(OCCOc2ccc(C=C3C(=N)N4N=C(CC(=O)N5CCCC5)SC4=NC3=O)cc2)cc1C. The molecule has 0 unspecified atom stereocenters. The predicted molar refractivity (Wildman–Crippen MR) is 149 cm³/mol. The second kappa shape index (κ2) is 11.2. The van der Waals surface area contributed by atoms with Gasteiger partial charge in [0.25, 0.3) is 5.91 Å². The molecule has 2 aromatic rings. The number of carbonyl (C=O) groups excluding carboxylic acids is 2. The standard InChI is InChI=1S/C28H29N5O4S/c1-18-5-8-22(15-19(18)2)37-14-13-36-21-9-6-20(7-10-21)16-23-26(29)33-28(30-27(23)35)38-24(31-33)17-25(34)32-11-3-4-12-32/h5-10,15-16,29H,3-4,11-14,17H2,1-2H3. The fraction of sp³-hybridized carbons (Fsp3) is 0.321. The maximum absolute atomic E-state index is 12.7. The number of amides is 2. The van der Waals surface area contributed by atoms with Gasteiger partial charge in [-0.3, -0.25) is 15.0 Å². The number of aliphatic imine (C=N–C) groups is 1. The van der Waals surface area contributed by atoms with Gasteiger partial charge in [-0.05, 0) is 85.5 Å². The second-order valence-electron chi connectivity index (χ2n) is 9.29. The topological polar surface area (TPSA) is 108 Å². The van der Waals surface area contributed by atoms with Crippen molar-refractivity contribution in [2.45, 2.75) is 33.1 Å². The maximum atomic E-state index is 12.7. The lowest BCUT2D eigenvalue weighted by Crippen LogP contribution is -2.35. The number of carbonyl (C=O) groups is 2. The van der Waals surface area contributed by atoms with Gasteiger partial charge in [-0.25, -0.2) is 0 Å². The Balaban J connectivity index is 1.17. The highest BCUT2D eigenvalue weighted by atomic mass is 32.2. The van der Waals surface area contributed by atoms with E-state index in [9.17, 15) is 9.59 Å². The second-order valence-corrected chi connectivity index (χ2v) is 10.3. The van der Waals surface area contributed by atoms with Crippen molar-refractivity contribution in [3.8, 4) is 11.5 Å². The van der Waals surface area contributed by atoms with Crippen molar-refractivity contribution < 1.29 is 19.1 Å². The Hall–Kier alpha value is -3.92. The van der Waals surface area contributed by atoms with Gasteiger partial charge in [0.2, 0.25) is 11.1 Å². The molecule has 2 aromatic carbocycles. The first-order valence-electron chi connectivity index (χ1n) is 12.6. The summed E-state index contributed by atoms with van der Waals surface area (Å²) in [7, 11) is 0. The van der Waals surface area contributed by atoms with Crippen LogP contribution in [-0.2, 0) is 9.59 Å². The summed E-state index contributed by atoms with van der Waals surface area (Å²) < 4.78 is 11.5. The van der Waals surface area contributed by atoms with Crippen molar-refractivity contribution in [2.75, 3.05) is 26.3 Å². The number of nitrogens with one attached hydrogen (secondary N) is 1. The number of fused-ring (bicyclic) bond motifs is 1. The van der Waals surface area contributed by atoms with Crippen molar-refractivity contribution in [2.24, 2.45) is 10.1 Å². The summed E-state index contributed by atoms with van der Waals surface area (Å²) in [5, 5.41) is 15.1. The molecule has 2 amide bonds. The molecule has 9 nitrogen and oxygen atoms in total. The van der Waals surface area contributed by atoms with E-state index in [-0.39, 0.29) is 23.7 Å². The van der Waals surface area contributed by atoms with Gasteiger partial charge >= 0.3 is 0 Å². The van der Waals surface area contributed by atoms with Gasteiger partial charge in [0.05, 0.1) is 12.0 Å². The third-order valence-electron chi connectivity index (χ3n) is 6.55. The molecular formula is C28H29N5O4S. The first-order valence-corrected chi connectivity index (χ1v) is 13.4. The number of ether oxygens (including phenoxy) is 2. The van der Waals surface area contributed by atoms with Crippen molar-refractivity contribution in [3.05, 3.63) is 64.7 Å². The molecule has 38 heavy (non-hydrogen) atoms. The van der Waals surface area contributed by atoms with Crippen LogP contribution in [0.15, 0.2) is 58.1 Å². The van der Waals surface area contributed by atoms with E-state index >= 15 is 0 Å². The van der Waals surface area contributed by atoms with Crippen molar-refractivity contribution >= 4 is 45.7 Å². The summed E-state index contributed by atoms with van der Waals surface area (Å²) >= 11 is 1.17. The van der Waals surface area contributed by atoms with Gasteiger partial charge in [0.15, 0.2) is 5.84 Å². The largest absolute Gasteiger partial charge is 0.490 e. The number of hydrogen-bond acceptors (Lipinski definition) is 7. The van der Waals surface area contributed by atoms with E-state index < -0.39 is 5.91 Å². The summed E-state index contributed by atoms with van der Waals surface area (Å²) in [6, 6.07) is 13.2. The Morgan fingerprint density at radius 1 is 1.03 bits per heavy atom. The van der Waals surface area contributed by atoms with Gasteiger partial charge in [-0.2, -0.15) is 15.1 Å². The zero-order valence-electron chi connectivity index (χ0n) is 21.4. The number of thioether (sulfide) groups is 1. The number of benzene rings is 2. The van der Waals surface area contributed by atoms with Gasteiger partial charge in [0, 0.05) is 13.1 Å². The van der Waals surface area contributed by atoms with Crippen LogP contribution in [0.1, 0.15) is 36.0 Å². The van der Waals surface area contributed by atoms with Crippen LogP contribution in [-0.4, -0.2) is 64.1 Å². The van der Waals surface area contributed by atoms with Crippen LogP contribution < -0.4 is 9.47 Å². The summed E-state index contributed by atoms with van der Waals surface area (Å²) in [6.45, 7) is 6.47. The number of hydrazone groups is 1. The van der Waals surface area contributed by atoms with Gasteiger partial charge in [-0.15, -0.1) is 0 Å². The van der Waals surface area contributed by atoms with Crippen molar-refractivity contribution in [3.63, 3.8) is 0 Å². The van der Waals surface area contributed by atoms with Gasteiger partial charge in [0.1, 0.15) is 29.8 Å². The highest BCUT2D eigenvalue weighted by Gasteiger charge is 2.36. The molecule has 0 radical (unpaired) electrons. The first kappa shape index (κ1) is 25.7. The summed E-state index contributed by atoms with van der Waals surface area (Å²) in [6.07, 6.45) is 3.81. The minimum atomic E-state index is -0.500. The number of likely N-dealkylation sites (tertiary alicyclic amines) is 1. The minimum Gasteiger partial charge on any atom is -0.490 e. The summed E-state index contributed by atoms with van der Waals surface area (Å²) in [4.78, 5) is 31.1. The quantitative estimate of drug-likeness (QED) is 0.400. The molecule has 3 heterocycles. The average molecular weight is 532 g/mol. The number of amidine groups is 2. The molecule has 0 saturated carbocycles. The van der Waals surface area contributed by atoms with Gasteiger partial charge in [-0.1, -0.05) is 18.2 Å². The average Bonchev–Trinajstić information content (AvgIpc) is 3.58. The number of nitrogens with zero attached hydrogens (tertiary/aromatic N) is 4. The van der Waals surface area contributed by atoms with Crippen LogP contribution in [0, 0.1) is 19.3 Å². The fourth-order valence-corrected chi connectivity index (χ4v) is 5.14. The Labute approximate surface area is 225 Å². The normalized spacial score (nSPS) is 18.0. The maximum Gasteiger partial charge on any atom is 0.283 e. The molecule has 0 aliphatic carbocycles. The van der Waals surface area contributed by atoms with Gasteiger partial charge < -0.3 is 14.4 Å². The molecule has 5 rings (SSSR count). The number of aryl methyl sites for hydroxylation is 2. The molecule has 196 valence electrons.